The Morgan fingerprint density at radius 1 is 1.45 bits per heavy atom. The maximum atomic E-state index is 6.35. The molecule has 1 aliphatic rings. The molecule has 2 unspecified atom stereocenters. The van der Waals surface area contributed by atoms with Gasteiger partial charge in [-0.3, -0.25) is 0 Å². The third-order valence-electron chi connectivity index (χ3n) is 4.28. The Bertz CT molecular complexity index is 617. The number of rotatable bonds is 3. The fraction of sp³-hybridized carbons (Fsp3) is 0.562. The molecule has 1 saturated heterocycles. The van der Waals surface area contributed by atoms with E-state index in [1.165, 1.54) is 30.6 Å². The van der Waals surface area contributed by atoms with E-state index in [0.29, 0.717) is 5.92 Å². The van der Waals surface area contributed by atoms with E-state index in [1.807, 2.05) is 6.92 Å². The maximum Gasteiger partial charge on any atom is 0.127 e. The van der Waals surface area contributed by atoms with Crippen LogP contribution in [0, 0.1) is 12.8 Å². The quantitative estimate of drug-likeness (QED) is 0.806. The standard InChI is InChI=1S/C16H22ClN3/c1-11-5-4-6-14-15(11)20(16(18-14)12(2)17)10-13-7-8-19(3)9-13/h4-6,12-13H,7-10H2,1-3H3. The van der Waals surface area contributed by atoms with Crippen LogP contribution in [0.15, 0.2) is 18.2 Å². The largest absolute Gasteiger partial charge is 0.326 e. The summed E-state index contributed by atoms with van der Waals surface area (Å²) in [6.07, 6.45) is 1.26. The SMILES string of the molecule is Cc1cccc2nc(C(C)Cl)n(CC3CCN(C)C3)c12. The topological polar surface area (TPSA) is 21.1 Å². The molecule has 0 radical (unpaired) electrons. The first-order valence-corrected chi connectivity index (χ1v) is 7.78. The molecule has 1 aromatic heterocycles. The molecule has 0 bridgehead atoms. The number of fused-ring (bicyclic) bond motifs is 1. The van der Waals surface area contributed by atoms with Gasteiger partial charge in [-0.25, -0.2) is 4.98 Å². The Morgan fingerprint density at radius 2 is 2.25 bits per heavy atom. The molecule has 3 rings (SSSR count). The van der Waals surface area contributed by atoms with Crippen molar-refractivity contribution in [3.63, 3.8) is 0 Å². The third-order valence-corrected chi connectivity index (χ3v) is 4.48. The van der Waals surface area contributed by atoms with Gasteiger partial charge < -0.3 is 9.47 Å². The van der Waals surface area contributed by atoms with E-state index in [9.17, 15) is 0 Å². The number of hydrogen-bond donors (Lipinski definition) is 0. The van der Waals surface area contributed by atoms with Gasteiger partial charge in [-0.05, 0) is 51.4 Å². The summed E-state index contributed by atoms with van der Waals surface area (Å²) in [6, 6.07) is 6.31. The smallest absolute Gasteiger partial charge is 0.127 e. The van der Waals surface area contributed by atoms with Crippen molar-refractivity contribution >= 4 is 22.6 Å². The number of likely N-dealkylation sites (tertiary alicyclic amines) is 1. The summed E-state index contributed by atoms with van der Waals surface area (Å²) in [5.41, 5.74) is 3.60. The number of aromatic nitrogens is 2. The van der Waals surface area contributed by atoms with Crippen LogP contribution >= 0.6 is 11.6 Å². The highest BCUT2D eigenvalue weighted by atomic mass is 35.5. The Labute approximate surface area is 125 Å². The van der Waals surface area contributed by atoms with E-state index >= 15 is 0 Å². The average molecular weight is 292 g/mol. The van der Waals surface area contributed by atoms with Gasteiger partial charge in [-0.15, -0.1) is 11.6 Å². The average Bonchev–Trinajstić information content (AvgIpc) is 2.95. The van der Waals surface area contributed by atoms with E-state index in [4.69, 9.17) is 16.6 Å². The van der Waals surface area contributed by atoms with Crippen LogP contribution in [0.5, 0.6) is 0 Å². The molecule has 3 nitrogen and oxygen atoms in total. The van der Waals surface area contributed by atoms with Crippen LogP contribution in [0.25, 0.3) is 11.0 Å². The van der Waals surface area contributed by atoms with Crippen LogP contribution in [0.3, 0.4) is 0 Å². The predicted molar refractivity (Wildman–Crippen MR) is 84.3 cm³/mol. The van der Waals surface area contributed by atoms with E-state index in [1.54, 1.807) is 0 Å². The van der Waals surface area contributed by atoms with Gasteiger partial charge in [0.05, 0.1) is 16.4 Å². The summed E-state index contributed by atoms with van der Waals surface area (Å²) in [6.45, 7) is 7.56. The first-order valence-electron chi connectivity index (χ1n) is 7.34. The van der Waals surface area contributed by atoms with Crippen molar-refractivity contribution in [3.05, 3.63) is 29.6 Å². The van der Waals surface area contributed by atoms with Gasteiger partial charge in [0.2, 0.25) is 0 Å². The zero-order valence-corrected chi connectivity index (χ0v) is 13.2. The molecule has 108 valence electrons. The molecular formula is C16H22ClN3. The van der Waals surface area contributed by atoms with Crippen molar-refractivity contribution in [2.24, 2.45) is 5.92 Å². The zero-order valence-electron chi connectivity index (χ0n) is 12.4. The molecule has 0 saturated carbocycles. The lowest BCUT2D eigenvalue weighted by molar-refractivity contribution is 0.377. The summed E-state index contributed by atoms with van der Waals surface area (Å²) >= 11 is 6.35. The fourth-order valence-electron chi connectivity index (χ4n) is 3.31. The van der Waals surface area contributed by atoms with Crippen molar-refractivity contribution < 1.29 is 0 Å². The lowest BCUT2D eigenvalue weighted by Crippen LogP contribution is -2.18. The monoisotopic (exact) mass is 291 g/mol. The minimum Gasteiger partial charge on any atom is -0.326 e. The van der Waals surface area contributed by atoms with Crippen LogP contribution < -0.4 is 0 Å². The molecule has 1 fully saturated rings. The Balaban J connectivity index is 2.04. The summed E-state index contributed by atoms with van der Waals surface area (Å²) in [4.78, 5) is 7.15. The molecule has 0 aliphatic carbocycles. The Hall–Kier alpha value is -1.06. The number of benzene rings is 1. The Morgan fingerprint density at radius 3 is 2.90 bits per heavy atom. The minimum atomic E-state index is -0.0547. The van der Waals surface area contributed by atoms with Gasteiger partial charge in [0, 0.05) is 13.1 Å². The Kier molecular flexibility index (Phi) is 3.74. The number of hydrogen-bond acceptors (Lipinski definition) is 2. The van der Waals surface area contributed by atoms with Crippen molar-refractivity contribution in [2.45, 2.75) is 32.2 Å². The molecule has 0 N–H and O–H groups in total. The summed E-state index contributed by atoms with van der Waals surface area (Å²) in [5.74, 6) is 1.71. The van der Waals surface area contributed by atoms with E-state index < -0.39 is 0 Å². The molecule has 2 heterocycles. The van der Waals surface area contributed by atoms with Crippen LogP contribution in [-0.4, -0.2) is 34.6 Å². The van der Waals surface area contributed by atoms with Crippen LogP contribution in [0.4, 0.5) is 0 Å². The second kappa shape index (κ2) is 5.38. The lowest BCUT2D eigenvalue weighted by Gasteiger charge is -2.16. The van der Waals surface area contributed by atoms with E-state index in [-0.39, 0.29) is 5.38 Å². The van der Waals surface area contributed by atoms with Crippen LogP contribution in [0.1, 0.15) is 30.1 Å². The fourth-order valence-corrected chi connectivity index (χ4v) is 3.47. The highest BCUT2D eigenvalue weighted by Crippen LogP contribution is 2.29. The van der Waals surface area contributed by atoms with Gasteiger partial charge in [0.15, 0.2) is 0 Å². The maximum absolute atomic E-state index is 6.35. The highest BCUT2D eigenvalue weighted by molar-refractivity contribution is 6.20. The van der Waals surface area contributed by atoms with Crippen molar-refractivity contribution in [3.8, 4) is 0 Å². The van der Waals surface area contributed by atoms with Gasteiger partial charge in [-0.2, -0.15) is 0 Å². The van der Waals surface area contributed by atoms with Crippen LogP contribution in [-0.2, 0) is 6.54 Å². The third kappa shape index (κ3) is 2.45. The molecule has 2 aromatic rings. The minimum absolute atomic E-state index is 0.0547. The van der Waals surface area contributed by atoms with Gasteiger partial charge in [0.1, 0.15) is 5.82 Å². The van der Waals surface area contributed by atoms with Gasteiger partial charge in [-0.1, -0.05) is 12.1 Å². The molecule has 1 aromatic carbocycles. The number of halogens is 1. The molecule has 4 heteroatoms. The highest BCUT2D eigenvalue weighted by Gasteiger charge is 2.23. The summed E-state index contributed by atoms with van der Waals surface area (Å²) < 4.78 is 2.35. The lowest BCUT2D eigenvalue weighted by atomic mass is 10.1. The summed E-state index contributed by atoms with van der Waals surface area (Å²) in [5, 5.41) is -0.0547. The second-order valence-corrected chi connectivity index (χ2v) is 6.71. The molecular weight excluding hydrogens is 270 g/mol. The number of para-hydroxylation sites is 1. The van der Waals surface area contributed by atoms with E-state index in [2.05, 4.69) is 41.6 Å². The number of imidazole rings is 1. The molecule has 20 heavy (non-hydrogen) atoms. The van der Waals surface area contributed by atoms with Gasteiger partial charge >= 0.3 is 0 Å². The first-order chi connectivity index (χ1) is 9.56. The molecule has 0 spiro atoms. The number of nitrogens with zero attached hydrogens (tertiary/aromatic N) is 3. The second-order valence-electron chi connectivity index (χ2n) is 6.06. The zero-order chi connectivity index (χ0) is 14.3. The van der Waals surface area contributed by atoms with Crippen molar-refractivity contribution in [2.75, 3.05) is 20.1 Å². The number of aryl methyl sites for hydroxylation is 1. The molecule has 0 amide bonds. The first kappa shape index (κ1) is 13.9. The predicted octanol–water partition coefficient (Wildman–Crippen LogP) is 3.60. The summed E-state index contributed by atoms with van der Waals surface area (Å²) in [7, 11) is 2.20. The van der Waals surface area contributed by atoms with Gasteiger partial charge in [0.25, 0.3) is 0 Å². The normalized spacial score (nSPS) is 21.7. The van der Waals surface area contributed by atoms with Crippen molar-refractivity contribution in [1.29, 1.82) is 0 Å². The number of alkyl halides is 1. The van der Waals surface area contributed by atoms with E-state index in [0.717, 1.165) is 17.9 Å². The molecule has 1 aliphatic heterocycles. The molecule has 2 atom stereocenters. The van der Waals surface area contributed by atoms with Crippen LogP contribution in [0.2, 0.25) is 0 Å². The van der Waals surface area contributed by atoms with Crippen molar-refractivity contribution in [1.82, 2.24) is 14.5 Å².